The van der Waals surface area contributed by atoms with E-state index in [4.69, 9.17) is 22.3 Å². The summed E-state index contributed by atoms with van der Waals surface area (Å²) in [6.45, 7) is 0. The van der Waals surface area contributed by atoms with Crippen LogP contribution in [-0.2, 0) is 9.05 Å². The summed E-state index contributed by atoms with van der Waals surface area (Å²) in [4.78, 5) is -0.115. The lowest BCUT2D eigenvalue weighted by Gasteiger charge is -2.05. The van der Waals surface area contributed by atoms with Gasteiger partial charge in [0, 0.05) is 15.7 Å². The Bertz CT molecular complexity index is 699. The monoisotopic (exact) mass is 304 g/mol. The van der Waals surface area contributed by atoms with E-state index >= 15 is 0 Å². The molecule has 0 aliphatic heterocycles. The Kier molecular flexibility index (Phi) is 3.61. The van der Waals surface area contributed by atoms with E-state index in [2.05, 4.69) is 0 Å². The highest BCUT2D eigenvalue weighted by atomic mass is 35.7. The van der Waals surface area contributed by atoms with Crippen molar-refractivity contribution in [3.05, 3.63) is 53.3 Å². The van der Waals surface area contributed by atoms with Crippen LogP contribution in [0.3, 0.4) is 0 Å². The zero-order valence-corrected chi connectivity index (χ0v) is 11.2. The van der Waals surface area contributed by atoms with E-state index in [0.717, 1.165) is 0 Å². The molecule has 6 heteroatoms. The van der Waals surface area contributed by atoms with Gasteiger partial charge in [0.1, 0.15) is 5.82 Å². The van der Waals surface area contributed by atoms with Gasteiger partial charge in [0.15, 0.2) is 0 Å². The molecule has 0 heterocycles. The number of benzene rings is 2. The van der Waals surface area contributed by atoms with E-state index in [1.54, 1.807) is 12.1 Å². The first-order chi connectivity index (χ1) is 8.36. The van der Waals surface area contributed by atoms with E-state index in [9.17, 15) is 12.8 Å². The SMILES string of the molecule is O=S(=O)(Cl)c1cc(Cl)cc(-c2cccc(F)c2)c1. The van der Waals surface area contributed by atoms with Crippen LogP contribution in [0.5, 0.6) is 0 Å². The van der Waals surface area contributed by atoms with Gasteiger partial charge in [-0.2, -0.15) is 0 Å². The lowest BCUT2D eigenvalue weighted by Crippen LogP contribution is -1.91. The highest BCUT2D eigenvalue weighted by molar-refractivity contribution is 8.13. The van der Waals surface area contributed by atoms with Crippen molar-refractivity contribution >= 4 is 31.3 Å². The number of rotatable bonds is 2. The average Bonchev–Trinajstić information content (AvgIpc) is 2.27. The van der Waals surface area contributed by atoms with Crippen molar-refractivity contribution in [2.24, 2.45) is 0 Å². The van der Waals surface area contributed by atoms with Crippen molar-refractivity contribution in [3.63, 3.8) is 0 Å². The van der Waals surface area contributed by atoms with Crippen molar-refractivity contribution in [1.82, 2.24) is 0 Å². The molecule has 0 bridgehead atoms. The van der Waals surface area contributed by atoms with E-state index in [0.29, 0.717) is 11.1 Å². The van der Waals surface area contributed by atoms with Crippen LogP contribution in [0.15, 0.2) is 47.4 Å². The summed E-state index contributed by atoms with van der Waals surface area (Å²) in [6.07, 6.45) is 0. The molecule has 0 fully saturated rings. The Morgan fingerprint density at radius 2 is 1.72 bits per heavy atom. The fourth-order valence-corrected chi connectivity index (χ4v) is 2.64. The van der Waals surface area contributed by atoms with Crippen LogP contribution < -0.4 is 0 Å². The lowest BCUT2D eigenvalue weighted by molar-refractivity contribution is 0.609. The summed E-state index contributed by atoms with van der Waals surface area (Å²) in [7, 11) is 1.39. The van der Waals surface area contributed by atoms with Gasteiger partial charge < -0.3 is 0 Å². The van der Waals surface area contributed by atoms with Gasteiger partial charge in [0.2, 0.25) is 0 Å². The highest BCUT2D eigenvalue weighted by Gasteiger charge is 2.13. The summed E-state index contributed by atoms with van der Waals surface area (Å²) in [6, 6.07) is 9.90. The molecular weight excluding hydrogens is 298 g/mol. The van der Waals surface area contributed by atoms with Crippen LogP contribution in [0, 0.1) is 5.82 Å². The van der Waals surface area contributed by atoms with Crippen molar-refractivity contribution in [2.75, 3.05) is 0 Å². The van der Waals surface area contributed by atoms with E-state index in [1.807, 2.05) is 0 Å². The van der Waals surface area contributed by atoms with Crippen molar-refractivity contribution < 1.29 is 12.8 Å². The van der Waals surface area contributed by atoms with Gasteiger partial charge in [0.05, 0.1) is 4.90 Å². The molecule has 2 nitrogen and oxygen atoms in total. The standard InChI is InChI=1S/C12H7Cl2FO2S/c13-10-4-9(6-12(7-10)18(14,16)17)8-2-1-3-11(15)5-8/h1-7H. The Morgan fingerprint density at radius 3 is 2.33 bits per heavy atom. The maximum Gasteiger partial charge on any atom is 0.261 e. The van der Waals surface area contributed by atoms with Gasteiger partial charge in [-0.1, -0.05) is 23.7 Å². The maximum absolute atomic E-state index is 13.1. The Morgan fingerprint density at radius 1 is 1.00 bits per heavy atom. The summed E-state index contributed by atoms with van der Waals surface area (Å²) >= 11 is 5.83. The van der Waals surface area contributed by atoms with Gasteiger partial charge in [-0.15, -0.1) is 0 Å². The van der Waals surface area contributed by atoms with E-state index in [1.165, 1.54) is 30.3 Å². The normalized spacial score (nSPS) is 11.5. The molecule has 18 heavy (non-hydrogen) atoms. The zero-order chi connectivity index (χ0) is 13.3. The van der Waals surface area contributed by atoms with Crippen LogP contribution in [0.2, 0.25) is 5.02 Å². The second-order valence-corrected chi connectivity index (χ2v) is 6.63. The fraction of sp³-hybridized carbons (Fsp3) is 0. The molecule has 2 aromatic carbocycles. The average molecular weight is 305 g/mol. The number of hydrogen-bond acceptors (Lipinski definition) is 2. The van der Waals surface area contributed by atoms with Gasteiger partial charge in [0.25, 0.3) is 9.05 Å². The molecule has 0 spiro atoms. The molecule has 0 aromatic heterocycles. The quantitative estimate of drug-likeness (QED) is 0.784. The van der Waals surface area contributed by atoms with Crippen molar-refractivity contribution in [2.45, 2.75) is 4.90 Å². The zero-order valence-electron chi connectivity index (χ0n) is 8.90. The second kappa shape index (κ2) is 4.88. The molecule has 94 valence electrons. The highest BCUT2D eigenvalue weighted by Crippen LogP contribution is 2.28. The minimum Gasteiger partial charge on any atom is -0.207 e. The summed E-state index contributed by atoms with van der Waals surface area (Å²) < 4.78 is 35.6. The molecule has 0 aliphatic carbocycles. The molecule has 0 saturated heterocycles. The Labute approximate surface area is 113 Å². The number of halogens is 3. The third kappa shape index (κ3) is 3.02. The molecule has 0 unspecified atom stereocenters. The van der Waals surface area contributed by atoms with Gasteiger partial charge in [-0.3, -0.25) is 0 Å². The summed E-state index contributed by atoms with van der Waals surface area (Å²) in [5.74, 6) is -0.414. The van der Waals surface area contributed by atoms with Crippen LogP contribution >= 0.6 is 22.3 Å². The third-order valence-electron chi connectivity index (χ3n) is 2.31. The van der Waals surface area contributed by atoms with Crippen LogP contribution in [0.1, 0.15) is 0 Å². The second-order valence-electron chi connectivity index (χ2n) is 3.62. The Hall–Kier alpha value is -1.10. The first-order valence-electron chi connectivity index (χ1n) is 4.87. The minimum absolute atomic E-state index is 0.115. The smallest absolute Gasteiger partial charge is 0.207 e. The van der Waals surface area contributed by atoms with Gasteiger partial charge in [-0.05, 0) is 41.5 Å². The molecule has 0 atom stereocenters. The predicted octanol–water partition coefficient (Wildman–Crippen LogP) is 4.07. The first-order valence-corrected chi connectivity index (χ1v) is 7.56. The molecule has 0 aliphatic rings. The van der Waals surface area contributed by atoms with E-state index < -0.39 is 14.9 Å². The van der Waals surface area contributed by atoms with Crippen molar-refractivity contribution in [1.29, 1.82) is 0 Å². The molecule has 0 radical (unpaired) electrons. The van der Waals surface area contributed by atoms with Gasteiger partial charge in [-0.25, -0.2) is 12.8 Å². The van der Waals surface area contributed by atoms with E-state index in [-0.39, 0.29) is 9.92 Å². The number of hydrogen-bond donors (Lipinski definition) is 0. The Balaban J connectivity index is 2.63. The molecule has 2 rings (SSSR count). The van der Waals surface area contributed by atoms with Crippen LogP contribution in [0.4, 0.5) is 4.39 Å². The maximum atomic E-state index is 13.1. The predicted molar refractivity (Wildman–Crippen MR) is 69.9 cm³/mol. The summed E-state index contributed by atoms with van der Waals surface area (Å²) in [5, 5.41) is 0.219. The minimum atomic E-state index is -3.87. The summed E-state index contributed by atoms with van der Waals surface area (Å²) in [5.41, 5.74) is 1.01. The largest absolute Gasteiger partial charge is 0.261 e. The molecule has 0 amide bonds. The fourth-order valence-electron chi connectivity index (χ4n) is 1.54. The molecule has 0 saturated carbocycles. The molecule has 2 aromatic rings. The first kappa shape index (κ1) is 13.3. The van der Waals surface area contributed by atoms with Crippen molar-refractivity contribution in [3.8, 4) is 11.1 Å². The molecular formula is C12H7Cl2FO2S. The van der Waals surface area contributed by atoms with Crippen LogP contribution in [0.25, 0.3) is 11.1 Å². The van der Waals surface area contributed by atoms with Gasteiger partial charge >= 0.3 is 0 Å². The lowest BCUT2D eigenvalue weighted by atomic mass is 10.1. The third-order valence-corrected chi connectivity index (χ3v) is 3.86. The van der Waals surface area contributed by atoms with Crippen LogP contribution in [-0.4, -0.2) is 8.42 Å². The molecule has 0 N–H and O–H groups in total. The topological polar surface area (TPSA) is 34.1 Å².